The van der Waals surface area contributed by atoms with Crippen molar-refractivity contribution in [1.29, 1.82) is 0 Å². The molecular weight excluding hydrogens is 1340 g/mol. The van der Waals surface area contributed by atoms with Crippen molar-refractivity contribution in [3.8, 4) is 0 Å². The molecule has 5 aliphatic rings. The van der Waals surface area contributed by atoms with E-state index in [1.807, 2.05) is 74.9 Å². The summed E-state index contributed by atoms with van der Waals surface area (Å²) in [6.45, 7) is 18.7. The Balaban J connectivity index is 0.719. The van der Waals surface area contributed by atoms with Gasteiger partial charge in [-0.2, -0.15) is 13.2 Å². The number of ether oxygens (including phenoxy) is 1. The van der Waals surface area contributed by atoms with E-state index in [9.17, 15) is 59.2 Å². The summed E-state index contributed by atoms with van der Waals surface area (Å²) in [7, 11) is -11.1. The van der Waals surface area contributed by atoms with Crippen LogP contribution < -0.4 is 25.6 Å². The third kappa shape index (κ3) is 18.0. The number of imide groups is 1. The number of quaternary nitrogens is 1. The van der Waals surface area contributed by atoms with E-state index in [1.54, 1.807) is 35.2 Å². The molecule has 3 fully saturated rings. The van der Waals surface area contributed by atoms with Gasteiger partial charge in [0.15, 0.2) is 6.04 Å². The number of hydrogen-bond donors (Lipinski definition) is 4. The van der Waals surface area contributed by atoms with Crippen molar-refractivity contribution in [3.63, 3.8) is 0 Å². The number of fused-ring (bicyclic) bond motifs is 1. The standard InChI is InChI=1S/C71H87ClF3N9O11S3/c1-68(2)29-27-57(48-15-19-52(72)20-16-48)51(42-68)44-81-34-36-82(37-35-81)54-21-17-49(18-22-54)65(87)79-98(93,94)56-23-24-58(61(41-56)97(91,92)71(73,74)75)77-53(46-96-55-12-8-7-9-13-55)28-31-80-32-38-83(39-33-80)63(86)43-69(3,4)47-70(5,6)95-40-30-76-59-14-10-11-50-45-84(90,67(89)64(50)59)60-25-26-62(85)78-66(60)88/h7-24,41,53,60,76-77H,25-40,42-47H2,1-6H3,(H,79,87)(H,78,85,88)/t53-,60?,84?/m1/s1. The van der Waals surface area contributed by atoms with Gasteiger partial charge in [-0.3, -0.25) is 38.9 Å². The fraction of sp³-hybridized carbons (Fsp3) is 0.479. The molecule has 2 unspecified atom stereocenters. The zero-order valence-electron chi connectivity index (χ0n) is 56.1. The van der Waals surface area contributed by atoms with Gasteiger partial charge in [-0.1, -0.05) is 87.3 Å². The van der Waals surface area contributed by atoms with E-state index in [2.05, 4.69) is 56.6 Å². The van der Waals surface area contributed by atoms with Gasteiger partial charge in [0.05, 0.1) is 28.5 Å². The second-order valence-electron chi connectivity index (χ2n) is 28.4. The van der Waals surface area contributed by atoms with Crippen LogP contribution in [0.1, 0.15) is 125 Å². The average Bonchev–Trinajstić information content (AvgIpc) is 1.54. The number of carbonyl (C=O) groups is 5. The molecule has 20 nitrogen and oxygen atoms in total. The highest BCUT2D eigenvalue weighted by Gasteiger charge is 2.51. The number of hydroxylamine groups is 3. The van der Waals surface area contributed by atoms with E-state index in [-0.39, 0.29) is 67.2 Å². The third-order valence-electron chi connectivity index (χ3n) is 19.1. The fourth-order valence-electron chi connectivity index (χ4n) is 14.2. The molecule has 0 radical (unpaired) electrons. The summed E-state index contributed by atoms with van der Waals surface area (Å²) < 4.78 is 105. The highest BCUT2D eigenvalue weighted by Crippen LogP contribution is 2.44. The van der Waals surface area contributed by atoms with Crippen molar-refractivity contribution >= 4 is 95.4 Å². The lowest BCUT2D eigenvalue weighted by molar-refractivity contribution is -0.825. The van der Waals surface area contributed by atoms with E-state index >= 15 is 0 Å². The molecule has 98 heavy (non-hydrogen) atoms. The number of halogens is 4. The summed E-state index contributed by atoms with van der Waals surface area (Å²) in [6, 6.07) is 29.2. The van der Waals surface area contributed by atoms with E-state index in [0.717, 1.165) is 61.6 Å². The van der Waals surface area contributed by atoms with Crippen LogP contribution in [-0.2, 0) is 45.5 Å². The van der Waals surface area contributed by atoms with E-state index in [4.69, 9.17) is 16.3 Å². The first-order chi connectivity index (χ1) is 46.2. The monoisotopic (exact) mass is 1430 g/mol. The van der Waals surface area contributed by atoms with Gasteiger partial charge in [-0.05, 0) is 141 Å². The smallest absolute Gasteiger partial charge is 0.501 e. The first-order valence-corrected chi connectivity index (χ1v) is 37.5. The lowest BCUT2D eigenvalue weighted by Gasteiger charge is -2.42. The maximum absolute atomic E-state index is 14.6. The van der Waals surface area contributed by atoms with Crippen molar-refractivity contribution < 1.29 is 63.4 Å². The average molecular weight is 1430 g/mol. The summed E-state index contributed by atoms with van der Waals surface area (Å²) in [6.07, 6.45) is 4.07. The summed E-state index contributed by atoms with van der Waals surface area (Å²) in [5.41, 5.74) is -1.36. The zero-order chi connectivity index (χ0) is 70.6. The number of piperidine rings is 1. The number of sulfonamides is 1. The molecule has 3 atom stereocenters. The summed E-state index contributed by atoms with van der Waals surface area (Å²) in [5, 5.41) is 23.1. The Bertz CT molecular complexity index is 4030. The number of alkyl halides is 3. The van der Waals surface area contributed by atoms with Gasteiger partial charge in [0.1, 0.15) is 17.0 Å². The predicted octanol–water partition coefficient (Wildman–Crippen LogP) is 11.1. The fourth-order valence-corrected chi connectivity index (χ4v) is 17.3. The van der Waals surface area contributed by atoms with Gasteiger partial charge < -0.3 is 30.4 Å². The van der Waals surface area contributed by atoms with E-state index in [1.165, 1.54) is 40.6 Å². The largest absolute Gasteiger partial charge is 0.624 e. The SMILES string of the molecule is CC1(C)CCC(c2ccc(Cl)cc2)=C(CN2CCN(c3ccc(C(=O)NS(=O)(=O)c4ccc(N[C@H](CCN5CCN(C(=O)CC(C)(C)CC(C)(C)OCCNc6cccc7c6C(=O)[N+]([O-])(C6CCC(=O)NC6=O)C7)CC5)CSc5ccccc5)c(S(=O)(=O)C(F)(F)F)c4)cc3)CC2)C1. The van der Waals surface area contributed by atoms with Crippen LogP contribution in [0.2, 0.25) is 5.02 Å². The van der Waals surface area contributed by atoms with Crippen LogP contribution in [0, 0.1) is 16.0 Å². The maximum Gasteiger partial charge on any atom is 0.501 e. The molecule has 5 amide bonds. The summed E-state index contributed by atoms with van der Waals surface area (Å²) in [5.74, 6) is -2.82. The normalized spacial score (nSPS) is 20.2. The first kappa shape index (κ1) is 73.8. The number of amides is 5. The Morgan fingerprint density at radius 2 is 1.51 bits per heavy atom. The molecule has 0 spiro atoms. The second kappa shape index (κ2) is 30.1. The summed E-state index contributed by atoms with van der Waals surface area (Å²) in [4.78, 5) is 72.8. The molecule has 27 heteroatoms. The number of carbonyl (C=O) groups excluding carboxylic acids is 5. The Labute approximate surface area is 581 Å². The van der Waals surface area contributed by atoms with Gasteiger partial charge in [0.25, 0.3) is 31.7 Å². The van der Waals surface area contributed by atoms with Gasteiger partial charge in [0, 0.05) is 130 Å². The van der Waals surface area contributed by atoms with Crippen LogP contribution in [0.25, 0.3) is 5.57 Å². The molecule has 5 aromatic rings. The predicted molar refractivity (Wildman–Crippen MR) is 373 cm³/mol. The minimum Gasteiger partial charge on any atom is -0.624 e. The topological polar surface area (TPSA) is 247 Å². The number of nitrogens with zero attached hydrogens (tertiary/aromatic N) is 5. The molecule has 0 bridgehead atoms. The number of thioether (sulfide) groups is 1. The number of nitrogens with one attached hydrogen (secondary N) is 4. The molecule has 0 aromatic heterocycles. The van der Waals surface area contributed by atoms with Gasteiger partial charge in [-0.25, -0.2) is 26.4 Å². The van der Waals surface area contributed by atoms with Crippen molar-refractivity contribution in [3.05, 3.63) is 153 Å². The van der Waals surface area contributed by atoms with Crippen LogP contribution in [0.3, 0.4) is 0 Å². The van der Waals surface area contributed by atoms with Crippen molar-refractivity contribution in [2.45, 2.75) is 137 Å². The molecule has 0 saturated carbocycles. The molecule has 5 aromatic carbocycles. The Morgan fingerprint density at radius 3 is 2.18 bits per heavy atom. The van der Waals surface area contributed by atoms with Crippen molar-refractivity contribution in [2.75, 3.05) is 99.9 Å². The van der Waals surface area contributed by atoms with Crippen LogP contribution in [0.15, 0.2) is 136 Å². The molecule has 4 heterocycles. The van der Waals surface area contributed by atoms with Crippen molar-refractivity contribution in [2.24, 2.45) is 10.8 Å². The Kier molecular flexibility index (Phi) is 22.7. The Morgan fingerprint density at radius 1 is 0.827 bits per heavy atom. The molecule has 4 N–H and O–H groups in total. The third-order valence-corrected chi connectivity index (χ3v) is 23.4. The number of allylic oxidation sites excluding steroid dienone is 1. The van der Waals surface area contributed by atoms with Crippen LogP contribution in [-0.4, -0.2) is 173 Å². The number of anilines is 3. The molecule has 10 rings (SSSR count). The highest BCUT2D eigenvalue weighted by atomic mass is 35.5. The molecule has 1 aliphatic carbocycles. The van der Waals surface area contributed by atoms with E-state index in [0.29, 0.717) is 81.0 Å². The van der Waals surface area contributed by atoms with Crippen LogP contribution in [0.4, 0.5) is 30.2 Å². The van der Waals surface area contributed by atoms with Crippen LogP contribution in [0.5, 0.6) is 0 Å². The minimum atomic E-state index is -6.18. The number of piperazine rings is 2. The van der Waals surface area contributed by atoms with Crippen LogP contribution >= 0.6 is 23.4 Å². The zero-order valence-corrected chi connectivity index (χ0v) is 59.3. The Hall–Kier alpha value is -6.88. The van der Waals surface area contributed by atoms with Crippen molar-refractivity contribution in [1.82, 2.24) is 24.7 Å². The number of sulfone groups is 1. The first-order valence-electron chi connectivity index (χ1n) is 33.2. The molecular formula is C71H87ClF3N9O11S3. The highest BCUT2D eigenvalue weighted by molar-refractivity contribution is 7.99. The number of hydrogen-bond acceptors (Lipinski definition) is 17. The van der Waals surface area contributed by atoms with Gasteiger partial charge >= 0.3 is 11.4 Å². The lowest BCUT2D eigenvalue weighted by atomic mass is 9.73. The molecule has 3 saturated heterocycles. The second-order valence-corrected chi connectivity index (χ2v) is 33.5. The van der Waals surface area contributed by atoms with Gasteiger partial charge in [0.2, 0.25) is 11.8 Å². The van der Waals surface area contributed by atoms with E-state index < -0.39 is 92.2 Å². The minimum absolute atomic E-state index is 0.0194. The quantitative estimate of drug-likeness (QED) is 0.0132. The maximum atomic E-state index is 14.6. The number of benzene rings is 5. The number of rotatable bonds is 26. The molecule has 528 valence electrons. The summed E-state index contributed by atoms with van der Waals surface area (Å²) >= 11 is 7.62. The van der Waals surface area contributed by atoms with Gasteiger partial charge in [-0.15, -0.1) is 11.8 Å². The molecule has 4 aliphatic heterocycles. The lowest BCUT2D eigenvalue weighted by Crippen LogP contribution is -2.60.